The van der Waals surface area contributed by atoms with Crippen molar-refractivity contribution in [2.24, 2.45) is 0 Å². The van der Waals surface area contributed by atoms with Crippen LogP contribution in [0.15, 0.2) is 0 Å². The van der Waals surface area contributed by atoms with E-state index in [4.69, 9.17) is 0 Å². The topological polar surface area (TPSA) is 64.7 Å². The van der Waals surface area contributed by atoms with Gasteiger partial charge in [-0.1, -0.05) is 20.3 Å². The molecule has 1 saturated heterocycles. The molecule has 20 heavy (non-hydrogen) atoms. The SMILES string of the molecule is CCN(CC)CCNS(=O)(=O)N1CCCCC1CNC. The number of hydrogen-bond donors (Lipinski definition) is 2. The summed E-state index contributed by atoms with van der Waals surface area (Å²) in [5, 5.41) is 3.09. The van der Waals surface area contributed by atoms with Crippen molar-refractivity contribution in [2.45, 2.75) is 39.2 Å². The second-order valence-electron chi connectivity index (χ2n) is 5.24. The first-order valence-corrected chi connectivity index (χ1v) is 9.12. The molecule has 0 aliphatic carbocycles. The quantitative estimate of drug-likeness (QED) is 0.640. The van der Waals surface area contributed by atoms with Gasteiger partial charge in [-0.3, -0.25) is 0 Å². The molecule has 0 radical (unpaired) electrons. The van der Waals surface area contributed by atoms with Crippen molar-refractivity contribution in [3.05, 3.63) is 0 Å². The van der Waals surface area contributed by atoms with Gasteiger partial charge in [-0.2, -0.15) is 12.7 Å². The highest BCUT2D eigenvalue weighted by atomic mass is 32.2. The van der Waals surface area contributed by atoms with Crippen LogP contribution < -0.4 is 10.0 Å². The fourth-order valence-corrected chi connectivity index (χ4v) is 4.14. The molecule has 0 bridgehead atoms. The van der Waals surface area contributed by atoms with E-state index in [9.17, 15) is 8.42 Å². The van der Waals surface area contributed by atoms with Crippen LogP contribution in [0.2, 0.25) is 0 Å². The fraction of sp³-hybridized carbons (Fsp3) is 1.00. The van der Waals surface area contributed by atoms with Crippen LogP contribution in [-0.2, 0) is 10.2 Å². The summed E-state index contributed by atoms with van der Waals surface area (Å²) in [6.45, 7) is 8.67. The highest BCUT2D eigenvalue weighted by Crippen LogP contribution is 2.19. The molecule has 0 amide bonds. The lowest BCUT2D eigenvalue weighted by molar-refractivity contribution is 0.244. The van der Waals surface area contributed by atoms with Crippen LogP contribution in [0.4, 0.5) is 0 Å². The summed E-state index contributed by atoms with van der Waals surface area (Å²) < 4.78 is 29.2. The molecule has 1 aliphatic heterocycles. The van der Waals surface area contributed by atoms with Crippen LogP contribution in [0.25, 0.3) is 0 Å². The van der Waals surface area contributed by atoms with E-state index >= 15 is 0 Å². The lowest BCUT2D eigenvalue weighted by Gasteiger charge is -2.34. The molecule has 0 aromatic rings. The van der Waals surface area contributed by atoms with E-state index in [-0.39, 0.29) is 6.04 Å². The number of piperidine rings is 1. The van der Waals surface area contributed by atoms with E-state index in [2.05, 4.69) is 28.8 Å². The Morgan fingerprint density at radius 3 is 2.55 bits per heavy atom. The summed E-state index contributed by atoms with van der Waals surface area (Å²) in [5.41, 5.74) is 0. The number of likely N-dealkylation sites (N-methyl/N-ethyl adjacent to an activating group) is 2. The highest BCUT2D eigenvalue weighted by molar-refractivity contribution is 7.87. The Bertz CT molecular complexity index is 355. The van der Waals surface area contributed by atoms with Crippen LogP contribution in [0, 0.1) is 0 Å². The van der Waals surface area contributed by atoms with E-state index in [0.717, 1.165) is 45.4 Å². The largest absolute Gasteiger partial charge is 0.318 e. The van der Waals surface area contributed by atoms with Gasteiger partial charge in [0.1, 0.15) is 0 Å². The molecule has 1 fully saturated rings. The smallest absolute Gasteiger partial charge is 0.279 e. The summed E-state index contributed by atoms with van der Waals surface area (Å²) in [6.07, 6.45) is 3.01. The van der Waals surface area contributed by atoms with Gasteiger partial charge in [0, 0.05) is 32.2 Å². The van der Waals surface area contributed by atoms with Gasteiger partial charge in [0.25, 0.3) is 10.2 Å². The second kappa shape index (κ2) is 8.94. The van der Waals surface area contributed by atoms with Gasteiger partial charge in [-0.15, -0.1) is 0 Å². The fourth-order valence-electron chi connectivity index (χ4n) is 2.69. The average Bonchev–Trinajstić information content (AvgIpc) is 2.44. The van der Waals surface area contributed by atoms with Crippen molar-refractivity contribution in [2.75, 3.05) is 46.3 Å². The minimum atomic E-state index is -3.35. The summed E-state index contributed by atoms with van der Waals surface area (Å²) in [5.74, 6) is 0. The Labute approximate surface area is 124 Å². The zero-order chi connectivity index (χ0) is 15.0. The normalized spacial score (nSPS) is 21.5. The molecule has 7 heteroatoms. The van der Waals surface area contributed by atoms with E-state index in [0.29, 0.717) is 13.1 Å². The molecule has 6 nitrogen and oxygen atoms in total. The predicted molar refractivity (Wildman–Crippen MR) is 83.0 cm³/mol. The molecular weight excluding hydrogens is 276 g/mol. The standard InChI is InChI=1S/C13H30N4O2S/c1-4-16(5-2)11-9-15-20(18,19)17-10-7-6-8-13(17)12-14-3/h13-15H,4-12H2,1-3H3. The molecular formula is C13H30N4O2S. The molecule has 1 rings (SSSR count). The number of rotatable bonds is 9. The zero-order valence-corrected chi connectivity index (χ0v) is 13.9. The van der Waals surface area contributed by atoms with E-state index in [1.807, 2.05) is 7.05 Å². The number of nitrogens with one attached hydrogen (secondary N) is 2. The third kappa shape index (κ3) is 5.29. The van der Waals surface area contributed by atoms with Crippen molar-refractivity contribution in [1.82, 2.24) is 19.2 Å². The second-order valence-corrected chi connectivity index (χ2v) is 6.95. The third-order valence-electron chi connectivity index (χ3n) is 3.93. The summed E-state index contributed by atoms with van der Waals surface area (Å²) in [6, 6.07) is 0.0831. The molecule has 0 saturated carbocycles. The van der Waals surface area contributed by atoms with Crippen LogP contribution in [0.3, 0.4) is 0 Å². The monoisotopic (exact) mass is 306 g/mol. The van der Waals surface area contributed by atoms with Crippen LogP contribution in [0.5, 0.6) is 0 Å². The summed E-state index contributed by atoms with van der Waals surface area (Å²) >= 11 is 0. The van der Waals surface area contributed by atoms with E-state index in [1.165, 1.54) is 0 Å². The van der Waals surface area contributed by atoms with Crippen molar-refractivity contribution in [1.29, 1.82) is 0 Å². The van der Waals surface area contributed by atoms with Gasteiger partial charge in [-0.25, -0.2) is 4.72 Å². The van der Waals surface area contributed by atoms with Gasteiger partial charge >= 0.3 is 0 Å². The lowest BCUT2D eigenvalue weighted by atomic mass is 10.1. The molecule has 0 aromatic heterocycles. The Morgan fingerprint density at radius 2 is 1.95 bits per heavy atom. The van der Waals surface area contributed by atoms with Crippen LogP contribution in [0.1, 0.15) is 33.1 Å². The van der Waals surface area contributed by atoms with E-state index in [1.54, 1.807) is 4.31 Å². The molecule has 120 valence electrons. The Hall–Kier alpha value is -0.210. The maximum absolute atomic E-state index is 12.4. The predicted octanol–water partition coefficient (Wildman–Crippen LogP) is 0.237. The van der Waals surface area contributed by atoms with Gasteiger partial charge in [0.2, 0.25) is 0 Å². The van der Waals surface area contributed by atoms with Gasteiger partial charge < -0.3 is 10.2 Å². The maximum Gasteiger partial charge on any atom is 0.279 e. The van der Waals surface area contributed by atoms with E-state index < -0.39 is 10.2 Å². The van der Waals surface area contributed by atoms with Crippen molar-refractivity contribution in [3.63, 3.8) is 0 Å². The average molecular weight is 306 g/mol. The lowest BCUT2D eigenvalue weighted by Crippen LogP contribution is -2.52. The molecule has 1 atom stereocenters. The molecule has 0 aromatic carbocycles. The van der Waals surface area contributed by atoms with Gasteiger partial charge in [0.15, 0.2) is 0 Å². The molecule has 1 unspecified atom stereocenters. The first-order valence-electron chi connectivity index (χ1n) is 7.68. The van der Waals surface area contributed by atoms with Gasteiger partial charge in [0.05, 0.1) is 0 Å². The summed E-state index contributed by atoms with van der Waals surface area (Å²) in [4.78, 5) is 2.21. The minimum Gasteiger partial charge on any atom is -0.318 e. The first-order chi connectivity index (χ1) is 9.55. The maximum atomic E-state index is 12.4. The zero-order valence-electron chi connectivity index (χ0n) is 13.1. The minimum absolute atomic E-state index is 0.0831. The Morgan fingerprint density at radius 1 is 1.25 bits per heavy atom. The van der Waals surface area contributed by atoms with Crippen LogP contribution in [-0.4, -0.2) is 70.0 Å². The Balaban J connectivity index is 2.53. The first kappa shape index (κ1) is 17.8. The van der Waals surface area contributed by atoms with Crippen LogP contribution >= 0.6 is 0 Å². The molecule has 1 aliphatic rings. The Kier molecular flexibility index (Phi) is 7.98. The third-order valence-corrected chi connectivity index (χ3v) is 5.60. The van der Waals surface area contributed by atoms with Crippen molar-refractivity contribution >= 4 is 10.2 Å². The molecule has 1 heterocycles. The van der Waals surface area contributed by atoms with Crippen molar-refractivity contribution < 1.29 is 8.42 Å². The number of nitrogens with zero attached hydrogens (tertiary/aromatic N) is 2. The number of hydrogen-bond acceptors (Lipinski definition) is 4. The molecule has 0 spiro atoms. The molecule has 2 N–H and O–H groups in total. The van der Waals surface area contributed by atoms with Crippen molar-refractivity contribution in [3.8, 4) is 0 Å². The highest BCUT2D eigenvalue weighted by Gasteiger charge is 2.31. The van der Waals surface area contributed by atoms with Gasteiger partial charge in [-0.05, 0) is 33.0 Å². The summed E-state index contributed by atoms with van der Waals surface area (Å²) in [7, 11) is -1.48.